The summed E-state index contributed by atoms with van der Waals surface area (Å²) in [5.74, 6) is 0.809. The van der Waals surface area contributed by atoms with Crippen molar-refractivity contribution in [1.29, 1.82) is 5.26 Å². The van der Waals surface area contributed by atoms with Crippen LogP contribution in [0.3, 0.4) is 0 Å². The van der Waals surface area contributed by atoms with Crippen LogP contribution in [0.1, 0.15) is 54.3 Å². The minimum Gasteiger partial charge on any atom is -0.354 e. The SMILES string of the molecule is Cc1cnc(NCC2CCCCC2)nc1C(C#N)c1nc(-c2ccccc2)cs1. The lowest BCUT2D eigenvalue weighted by Crippen LogP contribution is -2.19. The topological polar surface area (TPSA) is 74.5 Å². The summed E-state index contributed by atoms with van der Waals surface area (Å²) < 4.78 is 0. The summed E-state index contributed by atoms with van der Waals surface area (Å²) in [5, 5.41) is 16.1. The van der Waals surface area contributed by atoms with Gasteiger partial charge in [0.1, 0.15) is 10.9 Å². The molecule has 0 amide bonds. The second kappa shape index (κ2) is 9.15. The lowest BCUT2D eigenvalue weighted by atomic mass is 9.89. The smallest absolute Gasteiger partial charge is 0.222 e. The number of nitrogens with one attached hydrogen (secondary N) is 1. The number of thiazole rings is 1. The van der Waals surface area contributed by atoms with Crippen molar-refractivity contribution in [2.24, 2.45) is 5.92 Å². The number of hydrogen-bond acceptors (Lipinski definition) is 6. The quantitative estimate of drug-likeness (QED) is 0.583. The van der Waals surface area contributed by atoms with E-state index in [0.717, 1.165) is 34.1 Å². The Bertz CT molecular complexity index is 986. The van der Waals surface area contributed by atoms with Gasteiger partial charge in [-0.2, -0.15) is 5.26 Å². The minimum atomic E-state index is -0.490. The van der Waals surface area contributed by atoms with Gasteiger partial charge in [0, 0.05) is 23.7 Å². The van der Waals surface area contributed by atoms with E-state index in [2.05, 4.69) is 16.4 Å². The van der Waals surface area contributed by atoms with E-state index >= 15 is 0 Å². The number of aromatic nitrogens is 3. The first kappa shape index (κ1) is 19.5. The predicted molar refractivity (Wildman–Crippen MR) is 117 cm³/mol. The first-order valence-corrected chi connectivity index (χ1v) is 11.1. The molecule has 0 spiro atoms. The van der Waals surface area contributed by atoms with Crippen molar-refractivity contribution in [2.75, 3.05) is 11.9 Å². The molecule has 148 valence electrons. The van der Waals surface area contributed by atoms with E-state index in [-0.39, 0.29) is 0 Å². The standard InChI is InChI=1S/C23H25N5S/c1-16-13-25-23(26-14-17-8-4-2-5-9-17)28-21(16)19(12-24)22-27-20(15-29-22)18-10-6-3-7-11-18/h3,6-7,10-11,13,15,17,19H,2,4-5,8-9,14H2,1H3,(H,25,26,28). The van der Waals surface area contributed by atoms with Gasteiger partial charge in [-0.3, -0.25) is 0 Å². The molecule has 0 bridgehead atoms. The molecule has 6 heteroatoms. The molecular weight excluding hydrogens is 378 g/mol. The average molecular weight is 404 g/mol. The molecule has 1 unspecified atom stereocenters. The van der Waals surface area contributed by atoms with Crippen LogP contribution in [0, 0.1) is 24.2 Å². The predicted octanol–water partition coefficient (Wildman–Crippen LogP) is 5.56. The van der Waals surface area contributed by atoms with Crippen LogP contribution < -0.4 is 5.32 Å². The van der Waals surface area contributed by atoms with E-state index < -0.39 is 5.92 Å². The molecule has 2 aromatic heterocycles. The minimum absolute atomic E-state index is 0.490. The van der Waals surface area contributed by atoms with Gasteiger partial charge in [0.05, 0.1) is 17.5 Å². The zero-order chi connectivity index (χ0) is 20.1. The second-order valence-electron chi connectivity index (χ2n) is 7.65. The number of nitriles is 1. The van der Waals surface area contributed by atoms with Crippen molar-refractivity contribution < 1.29 is 0 Å². The summed E-state index contributed by atoms with van der Waals surface area (Å²) >= 11 is 1.51. The van der Waals surface area contributed by atoms with Gasteiger partial charge in [0.15, 0.2) is 0 Å². The maximum absolute atomic E-state index is 9.90. The first-order chi connectivity index (χ1) is 14.2. The number of nitrogens with zero attached hydrogens (tertiary/aromatic N) is 4. The number of benzene rings is 1. The highest BCUT2D eigenvalue weighted by Gasteiger charge is 2.22. The van der Waals surface area contributed by atoms with Crippen LogP contribution in [0.25, 0.3) is 11.3 Å². The molecule has 1 fully saturated rings. The number of anilines is 1. The third-order valence-electron chi connectivity index (χ3n) is 5.53. The van der Waals surface area contributed by atoms with Gasteiger partial charge < -0.3 is 5.32 Å². The van der Waals surface area contributed by atoms with Crippen molar-refractivity contribution in [3.63, 3.8) is 0 Å². The molecule has 0 aliphatic heterocycles. The maximum atomic E-state index is 9.90. The van der Waals surface area contributed by atoms with E-state index in [0.29, 0.717) is 11.9 Å². The molecule has 1 atom stereocenters. The van der Waals surface area contributed by atoms with Crippen LogP contribution in [-0.2, 0) is 0 Å². The molecule has 5 nitrogen and oxygen atoms in total. The third kappa shape index (κ3) is 4.63. The van der Waals surface area contributed by atoms with Gasteiger partial charge >= 0.3 is 0 Å². The molecule has 3 aromatic rings. The van der Waals surface area contributed by atoms with Crippen molar-refractivity contribution in [2.45, 2.75) is 44.9 Å². The summed E-state index contributed by atoms with van der Waals surface area (Å²) in [4.78, 5) is 13.9. The van der Waals surface area contributed by atoms with E-state index in [1.807, 2.05) is 48.8 Å². The Labute approximate surface area is 175 Å². The maximum Gasteiger partial charge on any atom is 0.222 e. The molecule has 1 aromatic carbocycles. The van der Waals surface area contributed by atoms with E-state index in [1.54, 1.807) is 0 Å². The van der Waals surface area contributed by atoms with Crippen LogP contribution in [0.5, 0.6) is 0 Å². The molecule has 0 saturated heterocycles. The zero-order valence-electron chi connectivity index (χ0n) is 16.6. The zero-order valence-corrected chi connectivity index (χ0v) is 17.5. The molecule has 1 N–H and O–H groups in total. The summed E-state index contributed by atoms with van der Waals surface area (Å²) in [5.41, 5.74) is 3.60. The van der Waals surface area contributed by atoms with Crippen molar-refractivity contribution in [1.82, 2.24) is 15.0 Å². The summed E-state index contributed by atoms with van der Waals surface area (Å²) in [6, 6.07) is 12.4. The van der Waals surface area contributed by atoms with E-state index in [1.165, 1.54) is 43.4 Å². The van der Waals surface area contributed by atoms with Gasteiger partial charge in [-0.05, 0) is 31.2 Å². The lowest BCUT2D eigenvalue weighted by Gasteiger charge is -2.22. The summed E-state index contributed by atoms with van der Waals surface area (Å²) in [6.45, 7) is 2.85. The van der Waals surface area contributed by atoms with Gasteiger partial charge in [-0.1, -0.05) is 49.6 Å². The molecule has 4 rings (SSSR count). The first-order valence-electron chi connectivity index (χ1n) is 10.2. The largest absolute Gasteiger partial charge is 0.354 e. The molecule has 1 aliphatic rings. The van der Waals surface area contributed by atoms with Crippen LogP contribution in [0.4, 0.5) is 5.95 Å². The fourth-order valence-corrected chi connectivity index (χ4v) is 4.73. The lowest BCUT2D eigenvalue weighted by molar-refractivity contribution is 0.373. The van der Waals surface area contributed by atoms with Gasteiger partial charge in [-0.25, -0.2) is 15.0 Å². The highest BCUT2D eigenvalue weighted by atomic mass is 32.1. The van der Waals surface area contributed by atoms with E-state index in [4.69, 9.17) is 9.97 Å². The third-order valence-corrected chi connectivity index (χ3v) is 6.44. The van der Waals surface area contributed by atoms with Crippen LogP contribution >= 0.6 is 11.3 Å². The number of rotatable bonds is 6. The number of hydrogen-bond donors (Lipinski definition) is 1. The molecule has 1 aliphatic carbocycles. The monoisotopic (exact) mass is 403 g/mol. The fraction of sp³-hybridized carbons (Fsp3) is 0.391. The Morgan fingerprint density at radius 1 is 1.17 bits per heavy atom. The molecule has 2 heterocycles. The molecule has 0 radical (unpaired) electrons. The molecular formula is C23H25N5S. The van der Waals surface area contributed by atoms with Crippen LogP contribution in [-0.4, -0.2) is 21.5 Å². The van der Waals surface area contributed by atoms with Crippen LogP contribution in [0.15, 0.2) is 41.9 Å². The summed E-state index contributed by atoms with van der Waals surface area (Å²) in [7, 11) is 0. The highest BCUT2D eigenvalue weighted by molar-refractivity contribution is 7.10. The molecule has 1 saturated carbocycles. The van der Waals surface area contributed by atoms with Gasteiger partial charge in [-0.15, -0.1) is 11.3 Å². The Morgan fingerprint density at radius 2 is 1.97 bits per heavy atom. The molecule has 29 heavy (non-hydrogen) atoms. The van der Waals surface area contributed by atoms with E-state index in [9.17, 15) is 5.26 Å². The van der Waals surface area contributed by atoms with Gasteiger partial charge in [0.25, 0.3) is 0 Å². The summed E-state index contributed by atoms with van der Waals surface area (Å²) in [6.07, 6.45) is 8.33. The van der Waals surface area contributed by atoms with Crippen molar-refractivity contribution >= 4 is 17.3 Å². The normalized spacial score (nSPS) is 15.6. The van der Waals surface area contributed by atoms with Crippen molar-refractivity contribution in [3.05, 3.63) is 58.2 Å². The van der Waals surface area contributed by atoms with Crippen molar-refractivity contribution in [3.8, 4) is 17.3 Å². The average Bonchev–Trinajstić information content (AvgIpc) is 3.26. The number of aryl methyl sites for hydroxylation is 1. The van der Waals surface area contributed by atoms with Gasteiger partial charge in [0.2, 0.25) is 5.95 Å². The Kier molecular flexibility index (Phi) is 6.16. The highest BCUT2D eigenvalue weighted by Crippen LogP contribution is 2.31. The Hall–Kier alpha value is -2.78. The second-order valence-corrected chi connectivity index (χ2v) is 8.54. The Balaban J connectivity index is 1.54. The van der Waals surface area contributed by atoms with Crippen LogP contribution in [0.2, 0.25) is 0 Å². The Morgan fingerprint density at radius 3 is 2.72 bits per heavy atom. The fourth-order valence-electron chi connectivity index (χ4n) is 3.85.